The van der Waals surface area contributed by atoms with Gasteiger partial charge in [0.2, 0.25) is 0 Å². The van der Waals surface area contributed by atoms with Gasteiger partial charge in [0, 0.05) is 0 Å². The third-order valence-electron chi connectivity index (χ3n) is 0.534. The van der Waals surface area contributed by atoms with Gasteiger partial charge in [0.15, 0.2) is 0 Å². The van der Waals surface area contributed by atoms with Crippen LogP contribution in [0.2, 0.25) is 0 Å². The van der Waals surface area contributed by atoms with Gasteiger partial charge in [0.05, 0.1) is 13.7 Å². The lowest BCUT2D eigenvalue weighted by molar-refractivity contribution is 0.265. The molecular formula is C4H8O4S. The highest BCUT2D eigenvalue weighted by molar-refractivity contribution is 7.81. The fourth-order valence-electron chi connectivity index (χ4n) is 0.180. The van der Waals surface area contributed by atoms with E-state index >= 15 is 0 Å². The molecule has 0 heterocycles. The Bertz CT molecular complexity index is 169. The second kappa shape index (κ2) is 3.60. The van der Waals surface area contributed by atoms with Gasteiger partial charge in [-0.3, -0.25) is 4.18 Å². The second-order valence-electron chi connectivity index (χ2n) is 1.15. The average molecular weight is 152 g/mol. The van der Waals surface area contributed by atoms with Crippen LogP contribution in [0.5, 0.6) is 0 Å². The van der Waals surface area contributed by atoms with E-state index in [2.05, 4.69) is 14.9 Å². The molecule has 0 aliphatic heterocycles. The largest absolute Gasteiger partial charge is 0.399 e. The third kappa shape index (κ3) is 4.14. The van der Waals surface area contributed by atoms with Crippen LogP contribution in [-0.2, 0) is 18.8 Å². The zero-order valence-electron chi connectivity index (χ0n) is 5.03. The summed E-state index contributed by atoms with van der Waals surface area (Å²) in [6.45, 7) is 3.19. The van der Waals surface area contributed by atoms with E-state index in [0.29, 0.717) is 0 Å². The molecule has 0 aromatic carbocycles. The molecule has 0 spiro atoms. The summed E-state index contributed by atoms with van der Waals surface area (Å²) in [4.78, 5) is 0. The summed E-state index contributed by atoms with van der Waals surface area (Å²) in [6.07, 6.45) is 1.32. The molecule has 54 valence electrons. The van der Waals surface area contributed by atoms with Gasteiger partial charge >= 0.3 is 10.4 Å². The Morgan fingerprint density at radius 2 is 2.22 bits per heavy atom. The molecule has 0 rings (SSSR count). The van der Waals surface area contributed by atoms with Crippen molar-refractivity contribution >= 4 is 10.4 Å². The lowest BCUT2D eigenvalue weighted by atomic mass is 10.7. The van der Waals surface area contributed by atoms with E-state index in [-0.39, 0.29) is 6.61 Å². The fraction of sp³-hybridized carbons (Fsp3) is 0.500. The van der Waals surface area contributed by atoms with Crippen LogP contribution in [0.1, 0.15) is 0 Å². The van der Waals surface area contributed by atoms with Gasteiger partial charge in [0.1, 0.15) is 0 Å². The summed E-state index contributed by atoms with van der Waals surface area (Å²) >= 11 is 0. The number of hydrogen-bond acceptors (Lipinski definition) is 4. The molecule has 0 radical (unpaired) electrons. The van der Waals surface area contributed by atoms with E-state index in [1.165, 1.54) is 6.08 Å². The van der Waals surface area contributed by atoms with Crippen molar-refractivity contribution in [1.82, 2.24) is 0 Å². The van der Waals surface area contributed by atoms with Gasteiger partial charge in [0.25, 0.3) is 0 Å². The normalized spacial score (nSPS) is 11.2. The van der Waals surface area contributed by atoms with E-state index in [4.69, 9.17) is 0 Å². The molecule has 0 aliphatic rings. The molecule has 0 atom stereocenters. The van der Waals surface area contributed by atoms with E-state index in [1.807, 2.05) is 0 Å². The summed E-state index contributed by atoms with van der Waals surface area (Å²) in [5.41, 5.74) is 0. The van der Waals surface area contributed by atoms with E-state index in [0.717, 1.165) is 7.11 Å². The molecule has 4 nitrogen and oxygen atoms in total. The van der Waals surface area contributed by atoms with Gasteiger partial charge < -0.3 is 0 Å². The molecule has 0 amide bonds. The summed E-state index contributed by atoms with van der Waals surface area (Å²) in [5, 5.41) is 0. The van der Waals surface area contributed by atoms with E-state index < -0.39 is 10.4 Å². The monoisotopic (exact) mass is 152 g/mol. The van der Waals surface area contributed by atoms with Crippen LogP contribution in [0, 0.1) is 0 Å². The Hall–Kier alpha value is -0.390. The Morgan fingerprint density at radius 1 is 1.67 bits per heavy atom. The predicted molar refractivity (Wildman–Crippen MR) is 32.1 cm³/mol. The summed E-state index contributed by atoms with van der Waals surface area (Å²) < 4.78 is 28.6. The van der Waals surface area contributed by atoms with Crippen molar-refractivity contribution in [2.45, 2.75) is 0 Å². The highest BCUT2D eigenvalue weighted by Crippen LogP contribution is 1.91. The van der Waals surface area contributed by atoms with Crippen molar-refractivity contribution in [3.8, 4) is 0 Å². The standard InChI is InChI=1S/C4H8O4S/c1-3-4-8-9(5,6)7-2/h3H,1,4H2,2H3. The average Bonchev–Trinajstić information content (AvgIpc) is 1.84. The molecular weight excluding hydrogens is 144 g/mol. The van der Waals surface area contributed by atoms with E-state index in [1.54, 1.807) is 0 Å². The van der Waals surface area contributed by atoms with Crippen molar-refractivity contribution < 1.29 is 16.8 Å². The van der Waals surface area contributed by atoms with Crippen LogP contribution in [0.25, 0.3) is 0 Å². The Balaban J connectivity index is 3.74. The van der Waals surface area contributed by atoms with Crippen LogP contribution in [0.4, 0.5) is 0 Å². The molecule has 0 N–H and O–H groups in total. The summed E-state index contributed by atoms with van der Waals surface area (Å²) in [7, 11) is -2.73. The number of rotatable bonds is 4. The first kappa shape index (κ1) is 8.61. The first-order valence-corrected chi connectivity index (χ1v) is 3.51. The van der Waals surface area contributed by atoms with Crippen molar-refractivity contribution in [3.63, 3.8) is 0 Å². The van der Waals surface area contributed by atoms with Gasteiger partial charge in [-0.05, 0) is 0 Å². The van der Waals surface area contributed by atoms with Crippen molar-refractivity contribution in [2.24, 2.45) is 0 Å². The van der Waals surface area contributed by atoms with Crippen molar-refractivity contribution in [2.75, 3.05) is 13.7 Å². The lowest BCUT2D eigenvalue weighted by Gasteiger charge is -1.96. The smallest absolute Gasteiger partial charge is 0.252 e. The molecule has 0 unspecified atom stereocenters. The zero-order chi connectivity index (χ0) is 7.33. The van der Waals surface area contributed by atoms with Crippen LogP contribution in [0.3, 0.4) is 0 Å². The molecule has 0 saturated heterocycles. The molecule has 0 aliphatic carbocycles. The predicted octanol–water partition coefficient (Wildman–Crippen LogP) is 0.0802. The maximum atomic E-state index is 10.3. The highest BCUT2D eigenvalue weighted by atomic mass is 32.3. The van der Waals surface area contributed by atoms with E-state index in [9.17, 15) is 8.42 Å². The third-order valence-corrected chi connectivity index (χ3v) is 1.37. The topological polar surface area (TPSA) is 52.6 Å². The quantitative estimate of drug-likeness (QED) is 0.535. The Morgan fingerprint density at radius 3 is 2.56 bits per heavy atom. The van der Waals surface area contributed by atoms with Gasteiger partial charge in [-0.25, -0.2) is 4.18 Å². The maximum Gasteiger partial charge on any atom is 0.399 e. The Kier molecular flexibility index (Phi) is 3.44. The van der Waals surface area contributed by atoms with Crippen LogP contribution < -0.4 is 0 Å². The molecule has 5 heteroatoms. The van der Waals surface area contributed by atoms with Gasteiger partial charge in [-0.2, -0.15) is 8.42 Å². The molecule has 9 heavy (non-hydrogen) atoms. The molecule has 0 saturated carbocycles. The molecule has 0 fully saturated rings. The SMILES string of the molecule is C=CCOS(=O)(=O)OC. The minimum atomic E-state index is -3.75. The van der Waals surface area contributed by atoms with Crippen LogP contribution in [0.15, 0.2) is 12.7 Å². The maximum absolute atomic E-state index is 10.3. The first-order valence-electron chi connectivity index (χ1n) is 2.18. The summed E-state index contributed by atoms with van der Waals surface area (Å²) in [6, 6.07) is 0. The lowest BCUT2D eigenvalue weighted by Crippen LogP contribution is -2.06. The fourth-order valence-corrected chi connectivity index (χ4v) is 0.539. The molecule has 0 aromatic heterocycles. The van der Waals surface area contributed by atoms with Crippen molar-refractivity contribution in [3.05, 3.63) is 12.7 Å². The second-order valence-corrected chi connectivity index (χ2v) is 2.53. The highest BCUT2D eigenvalue weighted by Gasteiger charge is 2.05. The zero-order valence-corrected chi connectivity index (χ0v) is 5.85. The van der Waals surface area contributed by atoms with Gasteiger partial charge in [-0.1, -0.05) is 6.08 Å². The number of hydrogen-bond donors (Lipinski definition) is 0. The first-order chi connectivity index (χ1) is 4.12. The molecule has 0 aromatic rings. The summed E-state index contributed by atoms with van der Waals surface area (Å²) in [5.74, 6) is 0. The minimum Gasteiger partial charge on any atom is -0.252 e. The minimum absolute atomic E-state index is 0.0594. The van der Waals surface area contributed by atoms with Crippen LogP contribution in [-0.4, -0.2) is 22.1 Å². The molecule has 0 bridgehead atoms. The van der Waals surface area contributed by atoms with Crippen molar-refractivity contribution in [1.29, 1.82) is 0 Å². The van der Waals surface area contributed by atoms with Crippen LogP contribution >= 0.6 is 0 Å². The van der Waals surface area contributed by atoms with Gasteiger partial charge in [-0.15, -0.1) is 6.58 Å². The Labute approximate surface area is 54.4 Å².